The first-order chi connectivity index (χ1) is 6.61. The van der Waals surface area contributed by atoms with E-state index in [-0.39, 0.29) is 17.7 Å². The molecule has 0 saturated heterocycles. The van der Waals surface area contributed by atoms with Crippen LogP contribution in [0.25, 0.3) is 0 Å². The van der Waals surface area contributed by atoms with Gasteiger partial charge in [-0.3, -0.25) is 9.59 Å². The van der Waals surface area contributed by atoms with Gasteiger partial charge in [-0.05, 0) is 0 Å². The van der Waals surface area contributed by atoms with Crippen LogP contribution < -0.4 is 10.6 Å². The summed E-state index contributed by atoms with van der Waals surface area (Å²) in [5.74, 6) is -0.285. The lowest BCUT2D eigenvalue weighted by atomic mass is 10.2. The van der Waals surface area contributed by atoms with Crippen molar-refractivity contribution in [3.63, 3.8) is 0 Å². The average Bonchev–Trinajstić information content (AvgIpc) is 2.22. The highest BCUT2D eigenvalue weighted by molar-refractivity contribution is 5.78. The summed E-state index contributed by atoms with van der Waals surface area (Å²) >= 11 is 0. The molecule has 0 spiro atoms. The average molecular weight is 202 g/mol. The quantitative estimate of drug-likeness (QED) is 0.572. The van der Waals surface area contributed by atoms with Crippen LogP contribution in [0.5, 0.6) is 0 Å². The standard InChI is InChI=1S/C9H18N2O3/c1-7(9(13)11-3)6-14-5-4-8(12)10-2/h7H,4-6H2,1-3H3,(H,10,12)(H,11,13). The summed E-state index contributed by atoms with van der Waals surface area (Å²) in [7, 11) is 3.17. The number of nitrogens with one attached hydrogen (secondary N) is 2. The number of rotatable bonds is 6. The molecule has 14 heavy (non-hydrogen) atoms. The van der Waals surface area contributed by atoms with E-state index < -0.39 is 0 Å². The van der Waals surface area contributed by atoms with Gasteiger partial charge < -0.3 is 15.4 Å². The zero-order valence-corrected chi connectivity index (χ0v) is 8.92. The van der Waals surface area contributed by atoms with Crippen molar-refractivity contribution in [1.29, 1.82) is 0 Å². The highest BCUT2D eigenvalue weighted by atomic mass is 16.5. The lowest BCUT2D eigenvalue weighted by molar-refractivity contribution is -0.126. The van der Waals surface area contributed by atoms with Crippen molar-refractivity contribution in [3.05, 3.63) is 0 Å². The van der Waals surface area contributed by atoms with E-state index in [1.165, 1.54) is 0 Å². The minimum Gasteiger partial charge on any atom is -0.380 e. The van der Waals surface area contributed by atoms with Gasteiger partial charge in [0.25, 0.3) is 0 Å². The molecule has 5 heteroatoms. The minimum absolute atomic E-state index is 0.0510. The van der Waals surface area contributed by atoms with E-state index in [1.807, 2.05) is 0 Å². The van der Waals surface area contributed by atoms with Crippen LogP contribution in [-0.2, 0) is 14.3 Å². The van der Waals surface area contributed by atoms with Crippen molar-refractivity contribution in [2.75, 3.05) is 27.3 Å². The lowest BCUT2D eigenvalue weighted by Gasteiger charge is -2.09. The van der Waals surface area contributed by atoms with Gasteiger partial charge in [-0.15, -0.1) is 0 Å². The highest BCUT2D eigenvalue weighted by Crippen LogP contribution is 1.96. The van der Waals surface area contributed by atoms with Crippen LogP contribution in [0.15, 0.2) is 0 Å². The Hall–Kier alpha value is -1.10. The maximum atomic E-state index is 11.0. The van der Waals surface area contributed by atoms with E-state index in [0.717, 1.165) is 0 Å². The molecule has 0 aromatic carbocycles. The third-order valence-corrected chi connectivity index (χ3v) is 1.81. The van der Waals surface area contributed by atoms with Gasteiger partial charge in [0, 0.05) is 20.5 Å². The maximum absolute atomic E-state index is 11.0. The second kappa shape index (κ2) is 7.32. The van der Waals surface area contributed by atoms with Crippen LogP contribution in [0.3, 0.4) is 0 Å². The van der Waals surface area contributed by atoms with Gasteiger partial charge in [0.15, 0.2) is 0 Å². The van der Waals surface area contributed by atoms with Crippen molar-refractivity contribution >= 4 is 11.8 Å². The molecule has 5 nitrogen and oxygen atoms in total. The fourth-order valence-electron chi connectivity index (χ4n) is 0.872. The first-order valence-electron chi connectivity index (χ1n) is 4.61. The molecule has 2 N–H and O–H groups in total. The van der Waals surface area contributed by atoms with Gasteiger partial charge in [0.1, 0.15) is 0 Å². The van der Waals surface area contributed by atoms with Gasteiger partial charge in [-0.1, -0.05) is 6.92 Å². The third-order valence-electron chi connectivity index (χ3n) is 1.81. The SMILES string of the molecule is CNC(=O)CCOCC(C)C(=O)NC. The van der Waals surface area contributed by atoms with Crippen LogP contribution in [0.2, 0.25) is 0 Å². The van der Waals surface area contributed by atoms with Crippen LogP contribution >= 0.6 is 0 Å². The van der Waals surface area contributed by atoms with Crippen molar-refractivity contribution in [2.24, 2.45) is 5.92 Å². The van der Waals surface area contributed by atoms with E-state index in [9.17, 15) is 9.59 Å². The summed E-state index contributed by atoms with van der Waals surface area (Å²) in [5, 5.41) is 5.02. The molecule has 1 unspecified atom stereocenters. The lowest BCUT2D eigenvalue weighted by Crippen LogP contribution is -2.29. The number of hydrogen-bond acceptors (Lipinski definition) is 3. The molecule has 0 saturated carbocycles. The van der Waals surface area contributed by atoms with E-state index in [0.29, 0.717) is 19.6 Å². The highest BCUT2D eigenvalue weighted by Gasteiger charge is 2.10. The zero-order chi connectivity index (χ0) is 11.0. The molecule has 0 aromatic rings. The minimum atomic E-state index is -0.176. The Morgan fingerprint density at radius 3 is 2.43 bits per heavy atom. The molecule has 2 amide bonds. The van der Waals surface area contributed by atoms with Crippen molar-refractivity contribution in [2.45, 2.75) is 13.3 Å². The van der Waals surface area contributed by atoms with Gasteiger partial charge in [0.05, 0.1) is 19.1 Å². The predicted octanol–water partition coefficient (Wildman–Crippen LogP) is -0.479. The summed E-state index contributed by atoms with van der Waals surface area (Å²) in [6.45, 7) is 2.47. The summed E-state index contributed by atoms with van der Waals surface area (Å²) < 4.78 is 5.17. The number of amides is 2. The van der Waals surface area contributed by atoms with Gasteiger partial charge in [-0.25, -0.2) is 0 Å². The Kier molecular flexibility index (Phi) is 6.74. The predicted molar refractivity (Wildman–Crippen MR) is 52.7 cm³/mol. The zero-order valence-electron chi connectivity index (χ0n) is 8.92. The molecular formula is C9H18N2O3. The van der Waals surface area contributed by atoms with Crippen LogP contribution in [0.4, 0.5) is 0 Å². The molecule has 0 heterocycles. The summed E-state index contributed by atoms with van der Waals surface area (Å²) in [6.07, 6.45) is 0.330. The second-order valence-corrected chi connectivity index (χ2v) is 3.01. The van der Waals surface area contributed by atoms with E-state index in [4.69, 9.17) is 4.74 Å². The number of carbonyl (C=O) groups excluding carboxylic acids is 2. The van der Waals surface area contributed by atoms with Crippen molar-refractivity contribution in [1.82, 2.24) is 10.6 Å². The normalized spacial score (nSPS) is 11.9. The van der Waals surface area contributed by atoms with Crippen LogP contribution in [0, 0.1) is 5.92 Å². The maximum Gasteiger partial charge on any atom is 0.224 e. The second-order valence-electron chi connectivity index (χ2n) is 3.01. The molecule has 0 rings (SSSR count). The largest absolute Gasteiger partial charge is 0.380 e. The molecule has 82 valence electrons. The number of hydrogen-bond donors (Lipinski definition) is 2. The van der Waals surface area contributed by atoms with Gasteiger partial charge in [-0.2, -0.15) is 0 Å². The van der Waals surface area contributed by atoms with Crippen molar-refractivity contribution < 1.29 is 14.3 Å². The van der Waals surface area contributed by atoms with Crippen molar-refractivity contribution in [3.8, 4) is 0 Å². The number of ether oxygens (including phenoxy) is 1. The Labute approximate surface area is 84.2 Å². The molecule has 0 aliphatic rings. The Balaban J connectivity index is 3.45. The van der Waals surface area contributed by atoms with Crippen LogP contribution in [-0.4, -0.2) is 39.1 Å². The Morgan fingerprint density at radius 2 is 1.93 bits per heavy atom. The van der Waals surface area contributed by atoms with E-state index >= 15 is 0 Å². The monoisotopic (exact) mass is 202 g/mol. The van der Waals surface area contributed by atoms with Gasteiger partial charge >= 0.3 is 0 Å². The molecule has 0 aliphatic carbocycles. The molecule has 0 aromatic heterocycles. The molecule has 0 radical (unpaired) electrons. The first-order valence-corrected chi connectivity index (χ1v) is 4.61. The van der Waals surface area contributed by atoms with Crippen LogP contribution in [0.1, 0.15) is 13.3 Å². The van der Waals surface area contributed by atoms with E-state index in [2.05, 4.69) is 10.6 Å². The summed E-state index contributed by atoms with van der Waals surface area (Å²) in [6, 6.07) is 0. The first kappa shape index (κ1) is 12.9. The third kappa shape index (κ3) is 5.53. The molecule has 0 bridgehead atoms. The molecule has 0 aliphatic heterocycles. The fourth-order valence-corrected chi connectivity index (χ4v) is 0.872. The number of carbonyl (C=O) groups is 2. The molecule has 1 atom stereocenters. The molecular weight excluding hydrogens is 184 g/mol. The summed E-state index contributed by atoms with van der Waals surface area (Å²) in [5.41, 5.74) is 0. The Bertz CT molecular complexity index is 194. The molecule has 0 fully saturated rings. The summed E-state index contributed by atoms with van der Waals surface area (Å²) in [4.78, 5) is 21.8. The smallest absolute Gasteiger partial charge is 0.224 e. The topological polar surface area (TPSA) is 67.4 Å². The van der Waals surface area contributed by atoms with E-state index in [1.54, 1.807) is 21.0 Å². The fraction of sp³-hybridized carbons (Fsp3) is 0.778. The van der Waals surface area contributed by atoms with Gasteiger partial charge in [0.2, 0.25) is 11.8 Å². The Morgan fingerprint density at radius 1 is 1.29 bits per heavy atom.